The summed E-state index contributed by atoms with van der Waals surface area (Å²) in [7, 11) is 0. The minimum absolute atomic E-state index is 0.0216. The highest BCUT2D eigenvalue weighted by Gasteiger charge is 2.49. The van der Waals surface area contributed by atoms with Crippen LogP contribution in [0.3, 0.4) is 0 Å². The molecule has 26 heavy (non-hydrogen) atoms. The standard InChI is InChI=1S/C20H20N4O2/c1-20(2)15-6-3-13(11-16(15)24(19(20)26)14-4-5-14)18(25)23-17(21)12-7-9-22-10-8-12/h3,6-11,14H,4-5H2,1-2H3,(H2,21,23,25). The summed E-state index contributed by atoms with van der Waals surface area (Å²) in [6.07, 6.45) is 5.16. The molecule has 0 atom stereocenters. The molecule has 1 aliphatic heterocycles. The summed E-state index contributed by atoms with van der Waals surface area (Å²) in [6, 6.07) is 8.94. The molecule has 1 aromatic heterocycles. The van der Waals surface area contributed by atoms with Crippen LogP contribution in [0.5, 0.6) is 0 Å². The van der Waals surface area contributed by atoms with Gasteiger partial charge in [-0.3, -0.25) is 20.0 Å². The van der Waals surface area contributed by atoms with Crippen LogP contribution in [0.15, 0.2) is 42.7 Å². The Hall–Kier alpha value is -3.02. The van der Waals surface area contributed by atoms with Crippen molar-refractivity contribution in [1.29, 1.82) is 5.41 Å². The van der Waals surface area contributed by atoms with Crippen LogP contribution in [0.2, 0.25) is 0 Å². The van der Waals surface area contributed by atoms with E-state index in [4.69, 9.17) is 5.41 Å². The Morgan fingerprint density at radius 3 is 2.54 bits per heavy atom. The topological polar surface area (TPSA) is 86.2 Å². The second-order valence-corrected chi connectivity index (χ2v) is 7.33. The van der Waals surface area contributed by atoms with Gasteiger partial charge >= 0.3 is 0 Å². The highest BCUT2D eigenvalue weighted by Crippen LogP contribution is 2.46. The third-order valence-corrected chi connectivity index (χ3v) is 5.07. The third-order valence-electron chi connectivity index (χ3n) is 5.07. The highest BCUT2D eigenvalue weighted by atomic mass is 16.2. The van der Waals surface area contributed by atoms with E-state index in [1.165, 1.54) is 0 Å². The molecule has 0 unspecified atom stereocenters. The molecule has 0 radical (unpaired) electrons. The van der Waals surface area contributed by atoms with Gasteiger partial charge in [0.15, 0.2) is 0 Å². The highest BCUT2D eigenvalue weighted by molar-refractivity contribution is 6.13. The van der Waals surface area contributed by atoms with E-state index in [0.717, 1.165) is 24.1 Å². The fraction of sp³-hybridized carbons (Fsp3) is 0.300. The predicted molar refractivity (Wildman–Crippen MR) is 98.5 cm³/mol. The summed E-state index contributed by atoms with van der Waals surface area (Å²) in [5.74, 6) is -0.243. The third kappa shape index (κ3) is 2.58. The number of nitrogens with one attached hydrogen (secondary N) is 2. The molecular weight excluding hydrogens is 328 g/mol. The summed E-state index contributed by atoms with van der Waals surface area (Å²) in [5, 5.41) is 10.7. The van der Waals surface area contributed by atoms with Gasteiger partial charge < -0.3 is 10.2 Å². The summed E-state index contributed by atoms with van der Waals surface area (Å²) >= 11 is 0. The molecule has 0 spiro atoms. The van der Waals surface area contributed by atoms with Crippen LogP contribution in [-0.4, -0.2) is 28.7 Å². The number of fused-ring (bicyclic) bond motifs is 1. The molecule has 4 rings (SSSR count). The van der Waals surface area contributed by atoms with Crippen molar-refractivity contribution < 1.29 is 9.59 Å². The SMILES string of the molecule is CC1(C)C(=O)N(C2CC2)c2cc(C(=O)NC(=N)c3ccncc3)ccc21. The number of hydrogen-bond donors (Lipinski definition) is 2. The Morgan fingerprint density at radius 1 is 1.19 bits per heavy atom. The minimum atomic E-state index is -0.573. The number of nitrogens with zero attached hydrogens (tertiary/aromatic N) is 2. The molecule has 0 saturated heterocycles. The zero-order valence-corrected chi connectivity index (χ0v) is 14.7. The van der Waals surface area contributed by atoms with E-state index in [2.05, 4.69) is 10.3 Å². The Labute approximate surface area is 151 Å². The molecule has 1 aromatic carbocycles. The number of amidine groups is 1. The molecule has 1 fully saturated rings. The predicted octanol–water partition coefficient (Wildman–Crippen LogP) is 2.62. The maximum absolute atomic E-state index is 12.8. The summed E-state index contributed by atoms with van der Waals surface area (Å²) in [5.41, 5.74) is 2.24. The van der Waals surface area contributed by atoms with E-state index in [1.54, 1.807) is 36.7 Å². The Kier molecular flexibility index (Phi) is 3.64. The van der Waals surface area contributed by atoms with Crippen molar-refractivity contribution in [2.45, 2.75) is 38.1 Å². The fourth-order valence-electron chi connectivity index (χ4n) is 3.40. The molecule has 6 nitrogen and oxygen atoms in total. The average molecular weight is 348 g/mol. The van der Waals surface area contributed by atoms with Crippen LogP contribution in [-0.2, 0) is 10.2 Å². The molecular formula is C20H20N4O2. The lowest BCUT2D eigenvalue weighted by Gasteiger charge is -2.19. The average Bonchev–Trinajstić information content (AvgIpc) is 3.44. The summed E-state index contributed by atoms with van der Waals surface area (Å²) < 4.78 is 0. The van der Waals surface area contributed by atoms with Gasteiger partial charge in [-0.25, -0.2) is 0 Å². The van der Waals surface area contributed by atoms with E-state index < -0.39 is 5.41 Å². The summed E-state index contributed by atoms with van der Waals surface area (Å²) in [6.45, 7) is 3.85. The fourth-order valence-corrected chi connectivity index (χ4v) is 3.40. The zero-order chi connectivity index (χ0) is 18.5. The minimum Gasteiger partial charge on any atom is -0.308 e. The van der Waals surface area contributed by atoms with Gasteiger partial charge in [0.1, 0.15) is 5.84 Å². The first-order valence-corrected chi connectivity index (χ1v) is 8.68. The van der Waals surface area contributed by atoms with Crippen molar-refractivity contribution in [1.82, 2.24) is 10.3 Å². The number of carbonyl (C=O) groups is 2. The molecule has 2 amide bonds. The number of aromatic nitrogens is 1. The summed E-state index contributed by atoms with van der Waals surface area (Å²) in [4.78, 5) is 31.1. The lowest BCUT2D eigenvalue weighted by atomic mass is 9.86. The van der Waals surface area contributed by atoms with Crippen LogP contribution >= 0.6 is 0 Å². The Morgan fingerprint density at radius 2 is 1.88 bits per heavy atom. The number of benzene rings is 1. The van der Waals surface area contributed by atoms with Gasteiger partial charge in [-0.05, 0) is 56.5 Å². The van der Waals surface area contributed by atoms with E-state index in [0.29, 0.717) is 11.1 Å². The van der Waals surface area contributed by atoms with Crippen molar-refractivity contribution in [3.63, 3.8) is 0 Å². The van der Waals surface area contributed by atoms with E-state index >= 15 is 0 Å². The number of hydrogen-bond acceptors (Lipinski definition) is 4. The Bertz CT molecular complexity index is 917. The molecule has 2 aromatic rings. The smallest absolute Gasteiger partial charge is 0.256 e. The molecule has 1 aliphatic carbocycles. The molecule has 2 aliphatic rings. The maximum Gasteiger partial charge on any atom is 0.256 e. The van der Waals surface area contributed by atoms with Crippen LogP contribution in [0.25, 0.3) is 0 Å². The first-order chi connectivity index (χ1) is 12.4. The van der Waals surface area contributed by atoms with Gasteiger partial charge in [0, 0.05) is 35.2 Å². The van der Waals surface area contributed by atoms with Crippen LogP contribution in [0.4, 0.5) is 5.69 Å². The number of carbonyl (C=O) groups excluding carboxylic acids is 2. The van der Waals surface area contributed by atoms with Crippen molar-refractivity contribution >= 4 is 23.3 Å². The van der Waals surface area contributed by atoms with Crippen molar-refractivity contribution in [2.75, 3.05) is 4.90 Å². The number of rotatable bonds is 3. The lowest BCUT2D eigenvalue weighted by molar-refractivity contribution is -0.122. The second-order valence-electron chi connectivity index (χ2n) is 7.33. The monoisotopic (exact) mass is 348 g/mol. The molecule has 132 valence electrons. The van der Waals surface area contributed by atoms with Gasteiger partial charge in [0.2, 0.25) is 5.91 Å². The number of anilines is 1. The van der Waals surface area contributed by atoms with Crippen molar-refractivity contribution in [2.24, 2.45) is 0 Å². The molecule has 1 saturated carbocycles. The van der Waals surface area contributed by atoms with Crippen LogP contribution in [0, 0.1) is 5.41 Å². The first-order valence-electron chi connectivity index (χ1n) is 8.68. The van der Waals surface area contributed by atoms with Gasteiger partial charge in [-0.15, -0.1) is 0 Å². The lowest BCUT2D eigenvalue weighted by Crippen LogP contribution is -2.37. The first kappa shape index (κ1) is 16.4. The molecule has 0 bridgehead atoms. The molecule has 6 heteroatoms. The largest absolute Gasteiger partial charge is 0.308 e. The normalized spacial score (nSPS) is 17.8. The Balaban J connectivity index is 1.62. The van der Waals surface area contributed by atoms with Gasteiger partial charge in [-0.1, -0.05) is 6.07 Å². The van der Waals surface area contributed by atoms with Crippen LogP contribution in [0.1, 0.15) is 48.2 Å². The van der Waals surface area contributed by atoms with E-state index in [9.17, 15) is 9.59 Å². The number of amides is 2. The van der Waals surface area contributed by atoms with Gasteiger partial charge in [-0.2, -0.15) is 0 Å². The molecule has 2 N–H and O–H groups in total. The van der Waals surface area contributed by atoms with Crippen molar-refractivity contribution in [3.8, 4) is 0 Å². The maximum atomic E-state index is 12.8. The van der Waals surface area contributed by atoms with Crippen molar-refractivity contribution in [3.05, 3.63) is 59.4 Å². The molecule has 2 heterocycles. The zero-order valence-electron chi connectivity index (χ0n) is 14.7. The van der Waals surface area contributed by atoms with Gasteiger partial charge in [0.25, 0.3) is 5.91 Å². The van der Waals surface area contributed by atoms with E-state index in [1.807, 2.05) is 24.8 Å². The van der Waals surface area contributed by atoms with Gasteiger partial charge in [0.05, 0.1) is 5.41 Å². The van der Waals surface area contributed by atoms with Crippen LogP contribution < -0.4 is 10.2 Å². The second kappa shape index (κ2) is 5.76. The number of pyridine rings is 1. The quantitative estimate of drug-likeness (QED) is 0.660. The van der Waals surface area contributed by atoms with E-state index in [-0.39, 0.29) is 23.7 Å².